The number of benzene rings is 1. The molecule has 3 nitrogen and oxygen atoms in total. The third-order valence-corrected chi connectivity index (χ3v) is 4.61. The Morgan fingerprint density at radius 2 is 2.19 bits per heavy atom. The molecule has 1 aromatic carbocycles. The summed E-state index contributed by atoms with van der Waals surface area (Å²) in [5.41, 5.74) is 6.36. The zero-order valence-corrected chi connectivity index (χ0v) is 10.3. The van der Waals surface area contributed by atoms with Crippen molar-refractivity contribution in [2.24, 2.45) is 10.7 Å². The summed E-state index contributed by atoms with van der Waals surface area (Å²) >= 11 is 3.14. The summed E-state index contributed by atoms with van der Waals surface area (Å²) in [4.78, 5) is 15.7. The molecule has 1 aliphatic heterocycles. The Hall–Kier alpha value is -0.940. The second-order valence-electron chi connectivity index (χ2n) is 3.31. The van der Waals surface area contributed by atoms with Gasteiger partial charge in [0.2, 0.25) is 5.91 Å². The smallest absolute Gasteiger partial charge is 0.235 e. The molecule has 5 heteroatoms. The van der Waals surface area contributed by atoms with Crippen molar-refractivity contribution in [1.82, 2.24) is 0 Å². The number of nitrogens with two attached hydrogens (primary N) is 1. The summed E-state index contributed by atoms with van der Waals surface area (Å²) in [7, 11) is 0. The number of amides is 1. The van der Waals surface area contributed by atoms with Crippen molar-refractivity contribution in [2.45, 2.75) is 5.25 Å². The molecule has 1 heterocycles. The van der Waals surface area contributed by atoms with E-state index in [-0.39, 0.29) is 11.2 Å². The molecule has 16 heavy (non-hydrogen) atoms. The van der Waals surface area contributed by atoms with Crippen LogP contribution in [0.25, 0.3) is 0 Å². The van der Waals surface area contributed by atoms with Gasteiger partial charge in [-0.2, -0.15) is 0 Å². The van der Waals surface area contributed by atoms with Gasteiger partial charge in [-0.3, -0.25) is 9.79 Å². The highest BCUT2D eigenvalue weighted by atomic mass is 32.2. The van der Waals surface area contributed by atoms with Gasteiger partial charge in [0, 0.05) is 5.75 Å². The summed E-state index contributed by atoms with van der Waals surface area (Å²) in [5.74, 6) is 0.689. The number of hydrogen-bond donors (Lipinski definition) is 1. The molecule has 0 saturated carbocycles. The van der Waals surface area contributed by atoms with Crippen LogP contribution in [0.2, 0.25) is 0 Å². The summed E-state index contributed by atoms with van der Waals surface area (Å²) in [6.07, 6.45) is 0. The van der Waals surface area contributed by atoms with Crippen LogP contribution >= 0.6 is 23.5 Å². The Balaban J connectivity index is 2.14. The maximum Gasteiger partial charge on any atom is 0.235 e. The second-order valence-corrected chi connectivity index (χ2v) is 5.74. The molecular weight excluding hydrogens is 240 g/mol. The van der Waals surface area contributed by atoms with Gasteiger partial charge in [0.15, 0.2) is 0 Å². The summed E-state index contributed by atoms with van der Waals surface area (Å²) in [5, 5.41) is -0.328. The van der Waals surface area contributed by atoms with E-state index in [0.29, 0.717) is 0 Å². The normalized spacial score (nSPS) is 16.9. The van der Waals surface area contributed by atoms with E-state index in [1.54, 1.807) is 11.8 Å². The van der Waals surface area contributed by atoms with Crippen LogP contribution in [0.15, 0.2) is 35.3 Å². The van der Waals surface area contributed by atoms with E-state index in [9.17, 15) is 4.79 Å². The predicted molar refractivity (Wildman–Crippen MR) is 70.7 cm³/mol. The number of carbonyl (C=O) groups is 1. The van der Waals surface area contributed by atoms with Gasteiger partial charge in [0.1, 0.15) is 9.63 Å². The van der Waals surface area contributed by atoms with Crippen LogP contribution in [0, 0.1) is 0 Å². The van der Waals surface area contributed by atoms with Gasteiger partial charge in [-0.1, -0.05) is 53.9 Å². The highest BCUT2D eigenvalue weighted by molar-refractivity contribution is 8.39. The van der Waals surface area contributed by atoms with E-state index in [1.807, 2.05) is 30.3 Å². The number of aliphatic imine (C=N–C) groups is 1. The van der Waals surface area contributed by atoms with Crippen LogP contribution in [0.3, 0.4) is 0 Å². The van der Waals surface area contributed by atoms with Gasteiger partial charge < -0.3 is 5.73 Å². The molecule has 2 rings (SSSR count). The Morgan fingerprint density at radius 1 is 1.44 bits per heavy atom. The lowest BCUT2D eigenvalue weighted by Crippen LogP contribution is -2.19. The van der Waals surface area contributed by atoms with Crippen LogP contribution in [0.5, 0.6) is 0 Å². The number of rotatable bonds is 3. The molecule has 0 bridgehead atoms. The first kappa shape index (κ1) is 11.5. The molecule has 0 aliphatic carbocycles. The molecule has 0 spiro atoms. The third-order valence-electron chi connectivity index (χ3n) is 2.14. The minimum Gasteiger partial charge on any atom is -0.368 e. The lowest BCUT2D eigenvalue weighted by Gasteiger charge is -2.12. The van der Waals surface area contributed by atoms with E-state index in [1.165, 1.54) is 11.8 Å². The number of carbonyl (C=O) groups excluding carboxylic acids is 1. The van der Waals surface area contributed by atoms with Crippen molar-refractivity contribution < 1.29 is 4.79 Å². The topological polar surface area (TPSA) is 55.5 Å². The van der Waals surface area contributed by atoms with Gasteiger partial charge in [-0.05, 0) is 5.56 Å². The van der Waals surface area contributed by atoms with E-state index in [2.05, 4.69) is 4.99 Å². The number of hydrogen-bond acceptors (Lipinski definition) is 4. The molecule has 0 radical (unpaired) electrons. The maximum absolute atomic E-state index is 11.4. The van der Waals surface area contributed by atoms with Gasteiger partial charge >= 0.3 is 0 Å². The molecule has 1 amide bonds. The van der Waals surface area contributed by atoms with Gasteiger partial charge in [0.25, 0.3) is 0 Å². The minimum atomic E-state index is -0.328. The fourth-order valence-corrected chi connectivity index (χ4v) is 3.53. The summed E-state index contributed by atoms with van der Waals surface area (Å²) < 4.78 is 0.965. The fourth-order valence-electron chi connectivity index (χ4n) is 1.41. The van der Waals surface area contributed by atoms with Crippen LogP contribution < -0.4 is 5.73 Å². The first-order valence-electron chi connectivity index (χ1n) is 4.95. The molecule has 2 N–H and O–H groups in total. The van der Waals surface area contributed by atoms with Gasteiger partial charge in [-0.15, -0.1) is 0 Å². The van der Waals surface area contributed by atoms with Crippen molar-refractivity contribution in [3.05, 3.63) is 35.9 Å². The predicted octanol–water partition coefficient (Wildman–Crippen LogP) is 2.05. The lowest BCUT2D eigenvalue weighted by atomic mass is 10.1. The molecule has 1 unspecified atom stereocenters. The highest BCUT2D eigenvalue weighted by Gasteiger charge is 2.22. The van der Waals surface area contributed by atoms with Gasteiger partial charge in [-0.25, -0.2) is 0 Å². The van der Waals surface area contributed by atoms with Crippen LogP contribution in [0.4, 0.5) is 0 Å². The van der Waals surface area contributed by atoms with Crippen molar-refractivity contribution >= 4 is 33.8 Å². The molecule has 0 aromatic heterocycles. The quantitative estimate of drug-likeness (QED) is 0.895. The largest absolute Gasteiger partial charge is 0.368 e. The standard InChI is InChI=1S/C11H12N2OS2/c12-10(14)9(8-4-2-1-3-5-8)16-11-13-6-7-15-11/h1-5,9H,6-7H2,(H2,12,14). The molecule has 0 saturated heterocycles. The number of primary amides is 1. The van der Waals surface area contributed by atoms with Crippen LogP contribution in [-0.4, -0.2) is 22.6 Å². The van der Waals surface area contributed by atoms with Crippen molar-refractivity contribution in [2.75, 3.05) is 12.3 Å². The zero-order chi connectivity index (χ0) is 11.4. The Morgan fingerprint density at radius 3 is 2.75 bits per heavy atom. The Bertz CT molecular complexity index is 406. The highest BCUT2D eigenvalue weighted by Crippen LogP contribution is 2.35. The fraction of sp³-hybridized carbons (Fsp3) is 0.273. The van der Waals surface area contributed by atoms with E-state index in [4.69, 9.17) is 5.73 Å². The number of nitrogens with zero attached hydrogens (tertiary/aromatic N) is 1. The maximum atomic E-state index is 11.4. The van der Waals surface area contributed by atoms with Gasteiger partial charge in [0.05, 0.1) is 6.54 Å². The molecule has 1 aliphatic rings. The first-order valence-corrected chi connectivity index (χ1v) is 6.82. The zero-order valence-electron chi connectivity index (χ0n) is 8.63. The molecule has 84 valence electrons. The van der Waals surface area contributed by atoms with E-state index in [0.717, 1.165) is 22.2 Å². The van der Waals surface area contributed by atoms with Crippen LogP contribution in [0.1, 0.15) is 10.8 Å². The van der Waals surface area contributed by atoms with E-state index >= 15 is 0 Å². The SMILES string of the molecule is NC(=O)C(SC1=NCCS1)c1ccccc1. The molecular formula is C11H12N2OS2. The third kappa shape index (κ3) is 2.80. The van der Waals surface area contributed by atoms with Crippen LogP contribution in [-0.2, 0) is 4.79 Å². The number of thioether (sulfide) groups is 2. The summed E-state index contributed by atoms with van der Waals surface area (Å²) in [6, 6.07) is 9.59. The Kier molecular flexibility index (Phi) is 3.90. The lowest BCUT2D eigenvalue weighted by molar-refractivity contribution is -0.117. The van der Waals surface area contributed by atoms with Crippen molar-refractivity contribution in [3.63, 3.8) is 0 Å². The van der Waals surface area contributed by atoms with E-state index < -0.39 is 0 Å². The first-order chi connectivity index (χ1) is 7.77. The average Bonchev–Trinajstić information content (AvgIpc) is 2.79. The Labute approximate surface area is 103 Å². The van der Waals surface area contributed by atoms with Crippen molar-refractivity contribution in [1.29, 1.82) is 0 Å². The molecule has 1 aromatic rings. The van der Waals surface area contributed by atoms with Crippen molar-refractivity contribution in [3.8, 4) is 0 Å². The summed E-state index contributed by atoms with van der Waals surface area (Å²) in [6.45, 7) is 0.841. The molecule has 0 fully saturated rings. The minimum absolute atomic E-state index is 0.314. The average molecular weight is 252 g/mol. The molecule has 1 atom stereocenters. The monoisotopic (exact) mass is 252 g/mol. The second kappa shape index (κ2) is 5.41.